The average molecular weight is 250 g/mol. The molecule has 0 spiro atoms. The van der Waals surface area contributed by atoms with Crippen molar-refractivity contribution in [2.45, 2.75) is 63.8 Å². The Morgan fingerprint density at radius 1 is 0.667 bits per heavy atom. The fourth-order valence-corrected chi connectivity index (χ4v) is 4.53. The van der Waals surface area contributed by atoms with Crippen LogP contribution in [0.15, 0.2) is 0 Å². The van der Waals surface area contributed by atoms with E-state index >= 15 is 0 Å². The van der Waals surface area contributed by atoms with Crippen LogP contribution in [0.3, 0.4) is 0 Å². The molecule has 1 N–H and O–H groups in total. The summed E-state index contributed by atoms with van der Waals surface area (Å²) >= 11 is 0. The fraction of sp³-hybridized carbons (Fsp3) is 1.00. The van der Waals surface area contributed by atoms with E-state index in [1.54, 1.807) is 0 Å². The number of rotatable bonds is 2. The van der Waals surface area contributed by atoms with Crippen molar-refractivity contribution in [3.63, 3.8) is 0 Å². The van der Waals surface area contributed by atoms with Gasteiger partial charge in [0.1, 0.15) is 0 Å². The molecule has 18 heavy (non-hydrogen) atoms. The molecule has 3 fully saturated rings. The minimum absolute atomic E-state index is 0.901. The molecule has 0 unspecified atom stereocenters. The molecule has 1 saturated carbocycles. The summed E-state index contributed by atoms with van der Waals surface area (Å²) in [5, 5.41) is 3.49. The Balaban J connectivity index is 1.45. The number of nitrogens with zero attached hydrogens (tertiary/aromatic N) is 1. The molecule has 104 valence electrons. The maximum Gasteiger partial charge on any atom is 0.0119 e. The molecule has 2 aliphatic heterocycles. The van der Waals surface area contributed by atoms with Gasteiger partial charge >= 0.3 is 0 Å². The molecule has 2 saturated heterocycles. The molecule has 0 aromatic carbocycles. The maximum atomic E-state index is 3.49. The van der Waals surface area contributed by atoms with Gasteiger partial charge in [0.25, 0.3) is 0 Å². The maximum absolute atomic E-state index is 3.49. The zero-order valence-electron chi connectivity index (χ0n) is 11.9. The summed E-state index contributed by atoms with van der Waals surface area (Å²) in [6.07, 6.45) is 13.4. The third-order valence-corrected chi connectivity index (χ3v) is 5.72. The monoisotopic (exact) mass is 250 g/mol. The molecule has 2 heteroatoms. The number of hydrogen-bond donors (Lipinski definition) is 1. The lowest BCUT2D eigenvalue weighted by Crippen LogP contribution is -2.47. The van der Waals surface area contributed by atoms with E-state index in [4.69, 9.17) is 0 Å². The van der Waals surface area contributed by atoms with E-state index in [1.807, 2.05) is 0 Å². The average Bonchev–Trinajstić information content (AvgIpc) is 2.49. The minimum atomic E-state index is 0.901. The minimum Gasteiger partial charge on any atom is -0.317 e. The molecule has 0 bridgehead atoms. The molecular formula is C16H30N2. The molecule has 0 aromatic heterocycles. The van der Waals surface area contributed by atoms with E-state index in [0.29, 0.717) is 0 Å². The summed E-state index contributed by atoms with van der Waals surface area (Å²) in [6, 6.07) is 0.901. The SMILES string of the molecule is C1CCC(C2CCN(C3CCNCC3)CC2)CC1. The van der Waals surface area contributed by atoms with Gasteiger partial charge in [-0.1, -0.05) is 32.1 Å². The second-order valence-electron chi connectivity index (χ2n) is 6.75. The Kier molecular flexibility index (Phi) is 4.58. The fourth-order valence-electron chi connectivity index (χ4n) is 4.53. The van der Waals surface area contributed by atoms with Gasteiger partial charge in [0.2, 0.25) is 0 Å². The number of piperidine rings is 2. The normalized spacial score (nSPS) is 30.7. The van der Waals surface area contributed by atoms with Crippen molar-refractivity contribution in [3.8, 4) is 0 Å². The Labute approximate surface area is 113 Å². The summed E-state index contributed by atoms with van der Waals surface area (Å²) in [5.41, 5.74) is 0. The Morgan fingerprint density at radius 3 is 1.94 bits per heavy atom. The summed E-state index contributed by atoms with van der Waals surface area (Å²) in [7, 11) is 0. The van der Waals surface area contributed by atoms with Crippen LogP contribution >= 0.6 is 0 Å². The van der Waals surface area contributed by atoms with E-state index in [2.05, 4.69) is 10.2 Å². The van der Waals surface area contributed by atoms with Crippen LogP contribution in [0, 0.1) is 11.8 Å². The van der Waals surface area contributed by atoms with Crippen LogP contribution in [0.5, 0.6) is 0 Å². The van der Waals surface area contributed by atoms with Gasteiger partial charge in [-0.05, 0) is 63.7 Å². The number of nitrogens with one attached hydrogen (secondary N) is 1. The topological polar surface area (TPSA) is 15.3 Å². The third-order valence-electron chi connectivity index (χ3n) is 5.72. The highest BCUT2D eigenvalue weighted by Crippen LogP contribution is 2.36. The van der Waals surface area contributed by atoms with Gasteiger partial charge in [0.05, 0.1) is 0 Å². The lowest BCUT2D eigenvalue weighted by Gasteiger charge is -2.42. The van der Waals surface area contributed by atoms with E-state index < -0.39 is 0 Å². The van der Waals surface area contributed by atoms with Crippen LogP contribution in [0.25, 0.3) is 0 Å². The molecule has 2 nitrogen and oxygen atoms in total. The van der Waals surface area contributed by atoms with Crippen molar-refractivity contribution in [2.24, 2.45) is 11.8 Å². The molecule has 0 amide bonds. The van der Waals surface area contributed by atoms with Crippen LogP contribution in [0.1, 0.15) is 57.8 Å². The zero-order chi connectivity index (χ0) is 12.2. The standard InChI is InChI=1S/C16H30N2/c1-2-4-14(5-3-1)15-8-12-18(13-9-15)16-6-10-17-11-7-16/h14-17H,1-13H2. The first-order valence-electron chi connectivity index (χ1n) is 8.38. The Hall–Kier alpha value is -0.0800. The van der Waals surface area contributed by atoms with E-state index in [9.17, 15) is 0 Å². The smallest absolute Gasteiger partial charge is 0.0119 e. The molecule has 0 aromatic rings. The quantitative estimate of drug-likeness (QED) is 0.810. The predicted octanol–water partition coefficient (Wildman–Crippen LogP) is 3.03. The van der Waals surface area contributed by atoms with E-state index in [-0.39, 0.29) is 0 Å². The molecule has 3 rings (SSSR count). The molecule has 0 atom stereocenters. The highest BCUT2D eigenvalue weighted by atomic mass is 15.2. The van der Waals surface area contributed by atoms with Gasteiger partial charge in [-0.2, -0.15) is 0 Å². The van der Waals surface area contributed by atoms with Crippen molar-refractivity contribution in [1.29, 1.82) is 0 Å². The van der Waals surface area contributed by atoms with Gasteiger partial charge in [-0.3, -0.25) is 0 Å². The van der Waals surface area contributed by atoms with Crippen molar-refractivity contribution in [1.82, 2.24) is 10.2 Å². The van der Waals surface area contributed by atoms with Crippen molar-refractivity contribution >= 4 is 0 Å². The first-order valence-corrected chi connectivity index (χ1v) is 8.38. The Bertz CT molecular complexity index is 207. The van der Waals surface area contributed by atoms with Crippen molar-refractivity contribution in [2.75, 3.05) is 26.2 Å². The lowest BCUT2D eigenvalue weighted by molar-refractivity contribution is 0.0816. The van der Waals surface area contributed by atoms with Gasteiger partial charge in [-0.25, -0.2) is 0 Å². The Morgan fingerprint density at radius 2 is 1.28 bits per heavy atom. The van der Waals surface area contributed by atoms with Gasteiger partial charge in [-0.15, -0.1) is 0 Å². The molecule has 1 aliphatic carbocycles. The van der Waals surface area contributed by atoms with Crippen LogP contribution in [-0.2, 0) is 0 Å². The van der Waals surface area contributed by atoms with E-state index in [0.717, 1.165) is 17.9 Å². The molecule has 0 radical (unpaired) electrons. The first-order chi connectivity index (χ1) is 8.93. The molecule has 3 aliphatic rings. The summed E-state index contributed by atoms with van der Waals surface area (Å²) in [6.45, 7) is 5.28. The number of likely N-dealkylation sites (tertiary alicyclic amines) is 1. The first kappa shape index (κ1) is 12.9. The zero-order valence-corrected chi connectivity index (χ0v) is 11.9. The highest BCUT2D eigenvalue weighted by molar-refractivity contribution is 4.84. The second kappa shape index (κ2) is 6.38. The largest absolute Gasteiger partial charge is 0.317 e. The highest BCUT2D eigenvalue weighted by Gasteiger charge is 2.30. The third kappa shape index (κ3) is 3.08. The van der Waals surface area contributed by atoms with Crippen LogP contribution in [-0.4, -0.2) is 37.1 Å². The number of hydrogen-bond acceptors (Lipinski definition) is 2. The van der Waals surface area contributed by atoms with Crippen LogP contribution < -0.4 is 5.32 Å². The van der Waals surface area contributed by atoms with Crippen molar-refractivity contribution in [3.05, 3.63) is 0 Å². The summed E-state index contributed by atoms with van der Waals surface area (Å²) in [5.74, 6) is 2.16. The predicted molar refractivity (Wildman–Crippen MR) is 76.8 cm³/mol. The van der Waals surface area contributed by atoms with Gasteiger partial charge in [0.15, 0.2) is 0 Å². The van der Waals surface area contributed by atoms with E-state index in [1.165, 1.54) is 84.0 Å². The summed E-state index contributed by atoms with van der Waals surface area (Å²) in [4.78, 5) is 2.81. The van der Waals surface area contributed by atoms with Crippen molar-refractivity contribution < 1.29 is 0 Å². The lowest BCUT2D eigenvalue weighted by atomic mass is 9.75. The van der Waals surface area contributed by atoms with Crippen LogP contribution in [0.4, 0.5) is 0 Å². The van der Waals surface area contributed by atoms with Crippen LogP contribution in [0.2, 0.25) is 0 Å². The molecular weight excluding hydrogens is 220 g/mol. The molecule has 2 heterocycles. The second-order valence-corrected chi connectivity index (χ2v) is 6.75. The van der Waals surface area contributed by atoms with Gasteiger partial charge < -0.3 is 10.2 Å². The summed E-state index contributed by atoms with van der Waals surface area (Å²) < 4.78 is 0. The van der Waals surface area contributed by atoms with Gasteiger partial charge in [0, 0.05) is 6.04 Å².